The van der Waals surface area contributed by atoms with E-state index in [2.05, 4.69) is 10.1 Å². The molecular formula is C12H13NO5. The largest absolute Gasteiger partial charge is 0.480 e. The molecule has 1 rings (SSSR count). The van der Waals surface area contributed by atoms with Gasteiger partial charge in [0.1, 0.15) is 6.04 Å². The second-order valence-electron chi connectivity index (χ2n) is 3.61. The highest BCUT2D eigenvalue weighted by Crippen LogP contribution is 2.07. The van der Waals surface area contributed by atoms with E-state index in [1.807, 2.05) is 0 Å². The van der Waals surface area contributed by atoms with Gasteiger partial charge in [-0.3, -0.25) is 9.59 Å². The van der Waals surface area contributed by atoms with E-state index < -0.39 is 23.9 Å². The summed E-state index contributed by atoms with van der Waals surface area (Å²) >= 11 is 0. The number of hydrogen-bond donors (Lipinski definition) is 2. The Kier molecular flexibility index (Phi) is 4.42. The quantitative estimate of drug-likeness (QED) is 0.767. The van der Waals surface area contributed by atoms with Gasteiger partial charge in [0.05, 0.1) is 12.7 Å². The van der Waals surface area contributed by atoms with Crippen LogP contribution in [0.2, 0.25) is 0 Å². The highest BCUT2D eigenvalue weighted by atomic mass is 16.5. The van der Waals surface area contributed by atoms with Gasteiger partial charge in [-0.1, -0.05) is 6.07 Å². The topological polar surface area (TPSA) is 92.7 Å². The van der Waals surface area contributed by atoms with Gasteiger partial charge in [0.15, 0.2) is 0 Å². The average molecular weight is 251 g/mol. The number of amides is 1. The number of esters is 1. The molecule has 1 aromatic carbocycles. The Labute approximate surface area is 104 Å². The lowest BCUT2D eigenvalue weighted by atomic mass is 10.1. The maximum atomic E-state index is 11.7. The Bertz CT molecular complexity index is 483. The molecule has 0 heterocycles. The molecule has 0 radical (unpaired) electrons. The first-order valence-electron chi connectivity index (χ1n) is 5.17. The van der Waals surface area contributed by atoms with Gasteiger partial charge in [-0.25, -0.2) is 4.79 Å². The second kappa shape index (κ2) is 5.81. The smallest absolute Gasteiger partial charge is 0.337 e. The molecule has 0 aliphatic rings. The van der Waals surface area contributed by atoms with E-state index in [0.29, 0.717) is 0 Å². The summed E-state index contributed by atoms with van der Waals surface area (Å²) in [5, 5.41) is 11.0. The fourth-order valence-corrected chi connectivity index (χ4v) is 1.25. The van der Waals surface area contributed by atoms with Crippen LogP contribution in [0.25, 0.3) is 0 Å². The number of carbonyl (C=O) groups is 3. The normalized spacial score (nSPS) is 11.4. The summed E-state index contributed by atoms with van der Waals surface area (Å²) in [6, 6.07) is 4.85. The van der Waals surface area contributed by atoms with Crippen molar-refractivity contribution in [1.82, 2.24) is 5.32 Å². The van der Waals surface area contributed by atoms with Crippen LogP contribution in [0.4, 0.5) is 0 Å². The number of carbonyl (C=O) groups excluding carboxylic acids is 2. The number of methoxy groups -OCH3 is 1. The molecule has 0 fully saturated rings. The van der Waals surface area contributed by atoms with Crippen LogP contribution in [0, 0.1) is 0 Å². The summed E-state index contributed by atoms with van der Waals surface area (Å²) in [5.74, 6) is -2.25. The monoisotopic (exact) mass is 251 g/mol. The molecular weight excluding hydrogens is 238 g/mol. The van der Waals surface area contributed by atoms with Crippen LogP contribution in [0.3, 0.4) is 0 Å². The molecule has 2 N–H and O–H groups in total. The van der Waals surface area contributed by atoms with Crippen LogP contribution in [-0.2, 0) is 9.53 Å². The predicted molar refractivity (Wildman–Crippen MR) is 62.3 cm³/mol. The van der Waals surface area contributed by atoms with Gasteiger partial charge in [-0.15, -0.1) is 0 Å². The number of ether oxygens (including phenoxy) is 1. The van der Waals surface area contributed by atoms with Gasteiger partial charge in [0.2, 0.25) is 0 Å². The lowest BCUT2D eigenvalue weighted by molar-refractivity contribution is -0.138. The van der Waals surface area contributed by atoms with Crippen molar-refractivity contribution in [3.8, 4) is 0 Å². The first-order chi connectivity index (χ1) is 8.45. The highest BCUT2D eigenvalue weighted by molar-refractivity contribution is 5.99. The van der Waals surface area contributed by atoms with Crippen LogP contribution >= 0.6 is 0 Å². The van der Waals surface area contributed by atoms with E-state index in [1.165, 1.54) is 38.3 Å². The average Bonchev–Trinajstić information content (AvgIpc) is 2.37. The number of rotatable bonds is 4. The van der Waals surface area contributed by atoms with Crippen LogP contribution in [0.5, 0.6) is 0 Å². The van der Waals surface area contributed by atoms with Crippen molar-refractivity contribution in [2.45, 2.75) is 13.0 Å². The van der Waals surface area contributed by atoms with Gasteiger partial charge in [-0.2, -0.15) is 0 Å². The van der Waals surface area contributed by atoms with Gasteiger partial charge < -0.3 is 15.2 Å². The van der Waals surface area contributed by atoms with Crippen LogP contribution in [0.15, 0.2) is 24.3 Å². The van der Waals surface area contributed by atoms with E-state index >= 15 is 0 Å². The van der Waals surface area contributed by atoms with E-state index in [4.69, 9.17) is 5.11 Å². The number of carboxylic acid groups (broad SMARTS) is 1. The van der Waals surface area contributed by atoms with Gasteiger partial charge in [-0.05, 0) is 25.1 Å². The molecule has 0 bridgehead atoms. The Hall–Kier alpha value is -2.37. The van der Waals surface area contributed by atoms with Crippen molar-refractivity contribution in [2.75, 3.05) is 7.11 Å². The van der Waals surface area contributed by atoms with Crippen molar-refractivity contribution < 1.29 is 24.2 Å². The minimum atomic E-state index is -1.13. The molecule has 96 valence electrons. The zero-order valence-corrected chi connectivity index (χ0v) is 9.97. The van der Waals surface area contributed by atoms with Crippen molar-refractivity contribution >= 4 is 17.8 Å². The molecule has 6 heteroatoms. The summed E-state index contributed by atoms with van der Waals surface area (Å²) in [4.78, 5) is 33.6. The third kappa shape index (κ3) is 3.31. The lowest BCUT2D eigenvalue weighted by Gasteiger charge is -2.09. The van der Waals surface area contributed by atoms with Gasteiger partial charge in [0, 0.05) is 5.56 Å². The number of hydrogen-bond acceptors (Lipinski definition) is 4. The number of benzene rings is 1. The Morgan fingerprint density at radius 1 is 1.28 bits per heavy atom. The molecule has 0 saturated carbocycles. The van der Waals surface area contributed by atoms with Gasteiger partial charge in [0.25, 0.3) is 5.91 Å². The zero-order chi connectivity index (χ0) is 13.7. The summed E-state index contributed by atoms with van der Waals surface area (Å²) in [6.07, 6.45) is 0. The molecule has 0 aliphatic heterocycles. The third-order valence-electron chi connectivity index (χ3n) is 2.26. The Morgan fingerprint density at radius 3 is 2.44 bits per heavy atom. The summed E-state index contributed by atoms with van der Waals surface area (Å²) in [6.45, 7) is 1.35. The molecule has 1 amide bonds. The SMILES string of the molecule is COC(=O)c1cccc(C(=O)N[C@@H](C)C(=O)O)c1. The minimum Gasteiger partial charge on any atom is -0.480 e. The number of carboxylic acids is 1. The molecule has 0 saturated heterocycles. The van der Waals surface area contributed by atoms with E-state index in [0.717, 1.165) is 0 Å². The molecule has 0 spiro atoms. The summed E-state index contributed by atoms with van der Waals surface area (Å²) in [7, 11) is 1.24. The van der Waals surface area contributed by atoms with Crippen molar-refractivity contribution in [3.05, 3.63) is 35.4 Å². The molecule has 1 aromatic rings. The molecule has 18 heavy (non-hydrogen) atoms. The van der Waals surface area contributed by atoms with E-state index in [1.54, 1.807) is 0 Å². The van der Waals surface area contributed by atoms with Gasteiger partial charge >= 0.3 is 11.9 Å². The van der Waals surface area contributed by atoms with Crippen LogP contribution in [0.1, 0.15) is 27.6 Å². The van der Waals surface area contributed by atoms with E-state index in [9.17, 15) is 14.4 Å². The van der Waals surface area contributed by atoms with E-state index in [-0.39, 0.29) is 11.1 Å². The lowest BCUT2D eigenvalue weighted by Crippen LogP contribution is -2.38. The summed E-state index contributed by atoms with van der Waals surface area (Å²) in [5.41, 5.74) is 0.430. The van der Waals surface area contributed by atoms with Crippen LogP contribution < -0.4 is 5.32 Å². The number of aliphatic carboxylic acids is 1. The highest BCUT2D eigenvalue weighted by Gasteiger charge is 2.16. The van der Waals surface area contributed by atoms with Crippen molar-refractivity contribution in [1.29, 1.82) is 0 Å². The minimum absolute atomic E-state index is 0.200. The molecule has 0 aliphatic carbocycles. The second-order valence-corrected chi connectivity index (χ2v) is 3.61. The number of nitrogens with one attached hydrogen (secondary N) is 1. The Morgan fingerprint density at radius 2 is 1.89 bits per heavy atom. The maximum absolute atomic E-state index is 11.7. The Balaban J connectivity index is 2.87. The standard InChI is InChI=1S/C12H13NO5/c1-7(11(15)16)13-10(14)8-4-3-5-9(6-8)12(17)18-2/h3-7H,1-2H3,(H,13,14)(H,15,16)/t7-/m0/s1. The molecule has 6 nitrogen and oxygen atoms in total. The molecule has 0 unspecified atom stereocenters. The summed E-state index contributed by atoms with van der Waals surface area (Å²) < 4.78 is 4.53. The maximum Gasteiger partial charge on any atom is 0.337 e. The predicted octanol–water partition coefficient (Wildman–Crippen LogP) is 0.676. The van der Waals surface area contributed by atoms with Crippen molar-refractivity contribution in [2.24, 2.45) is 0 Å². The third-order valence-corrected chi connectivity index (χ3v) is 2.26. The fraction of sp³-hybridized carbons (Fsp3) is 0.250. The van der Waals surface area contributed by atoms with Crippen LogP contribution in [-0.4, -0.2) is 36.1 Å². The molecule has 0 aromatic heterocycles. The first kappa shape index (κ1) is 13.7. The molecule has 1 atom stereocenters. The first-order valence-corrected chi connectivity index (χ1v) is 5.17. The zero-order valence-electron chi connectivity index (χ0n) is 9.97. The van der Waals surface area contributed by atoms with Crippen molar-refractivity contribution in [3.63, 3.8) is 0 Å². The fourth-order valence-electron chi connectivity index (χ4n) is 1.25.